The molecule has 3 heterocycles. The second-order valence-corrected chi connectivity index (χ2v) is 4.31. The number of hydrogen-bond acceptors (Lipinski definition) is 5. The lowest BCUT2D eigenvalue weighted by atomic mass is 10.3. The lowest BCUT2D eigenvalue weighted by molar-refractivity contribution is 0.213. The monoisotopic (exact) mass is 245 g/mol. The lowest BCUT2D eigenvalue weighted by Gasteiger charge is -2.12. The molecule has 0 radical (unpaired) electrons. The maximum Gasteiger partial charge on any atom is 0.219 e. The second kappa shape index (κ2) is 4.73. The molecule has 2 aromatic heterocycles. The Morgan fingerprint density at radius 2 is 2.39 bits per heavy atom. The fourth-order valence-corrected chi connectivity index (χ4v) is 2.01. The van der Waals surface area contributed by atoms with Gasteiger partial charge in [0, 0.05) is 25.0 Å². The van der Waals surface area contributed by atoms with Crippen LogP contribution < -0.4 is 10.1 Å². The number of aromatic nitrogens is 4. The van der Waals surface area contributed by atoms with Crippen LogP contribution in [0.3, 0.4) is 0 Å². The molecule has 0 aliphatic carbocycles. The highest BCUT2D eigenvalue weighted by atomic mass is 16.5. The topological polar surface area (TPSA) is 64.9 Å². The normalized spacial score (nSPS) is 19.1. The summed E-state index contributed by atoms with van der Waals surface area (Å²) in [5.41, 5.74) is 0. The van der Waals surface area contributed by atoms with Gasteiger partial charge in [-0.3, -0.25) is 4.57 Å². The molecule has 0 spiro atoms. The molecule has 1 aliphatic rings. The zero-order valence-electron chi connectivity index (χ0n) is 10.2. The molecule has 0 amide bonds. The first kappa shape index (κ1) is 11.2. The van der Waals surface area contributed by atoms with Crippen LogP contribution in [0.4, 0.5) is 0 Å². The van der Waals surface area contributed by atoms with Gasteiger partial charge in [-0.25, -0.2) is 9.97 Å². The van der Waals surface area contributed by atoms with E-state index in [0.717, 1.165) is 25.3 Å². The molecule has 0 saturated carbocycles. The van der Waals surface area contributed by atoms with E-state index in [1.165, 1.54) is 0 Å². The van der Waals surface area contributed by atoms with Crippen LogP contribution in [0.25, 0.3) is 5.82 Å². The molecule has 6 heteroatoms. The van der Waals surface area contributed by atoms with Crippen LogP contribution in [0.15, 0.2) is 24.8 Å². The van der Waals surface area contributed by atoms with E-state index in [4.69, 9.17) is 4.74 Å². The lowest BCUT2D eigenvalue weighted by Crippen LogP contribution is -2.20. The molecule has 0 aromatic carbocycles. The van der Waals surface area contributed by atoms with Crippen molar-refractivity contribution >= 4 is 0 Å². The van der Waals surface area contributed by atoms with Crippen LogP contribution >= 0.6 is 0 Å². The third-order valence-corrected chi connectivity index (χ3v) is 2.87. The van der Waals surface area contributed by atoms with Crippen molar-refractivity contribution in [3.05, 3.63) is 30.6 Å². The first-order valence-electron chi connectivity index (χ1n) is 6.02. The summed E-state index contributed by atoms with van der Waals surface area (Å²) in [6.07, 6.45) is 6.50. The Morgan fingerprint density at radius 1 is 1.44 bits per heavy atom. The Bertz CT molecular complexity index is 519. The molecule has 2 aromatic rings. The van der Waals surface area contributed by atoms with Crippen molar-refractivity contribution in [2.24, 2.45) is 0 Å². The third-order valence-electron chi connectivity index (χ3n) is 2.87. The van der Waals surface area contributed by atoms with Gasteiger partial charge in [0.1, 0.15) is 24.1 Å². The SMILES string of the molecule is Cc1nc(OC2CCNC2)cc(-n2ccnc2)n1. The average molecular weight is 245 g/mol. The van der Waals surface area contributed by atoms with Gasteiger partial charge < -0.3 is 10.1 Å². The quantitative estimate of drug-likeness (QED) is 0.862. The zero-order valence-corrected chi connectivity index (χ0v) is 10.2. The van der Waals surface area contributed by atoms with E-state index in [2.05, 4.69) is 20.3 Å². The molecule has 3 rings (SSSR count). The predicted octanol–water partition coefficient (Wildman–Crippen LogP) is 0.711. The summed E-state index contributed by atoms with van der Waals surface area (Å²) in [4.78, 5) is 12.7. The summed E-state index contributed by atoms with van der Waals surface area (Å²) in [7, 11) is 0. The minimum Gasteiger partial charge on any atom is -0.473 e. The van der Waals surface area contributed by atoms with Crippen LogP contribution in [0.5, 0.6) is 5.88 Å². The Hall–Kier alpha value is -1.95. The van der Waals surface area contributed by atoms with E-state index in [9.17, 15) is 0 Å². The van der Waals surface area contributed by atoms with Crippen molar-refractivity contribution < 1.29 is 4.74 Å². The van der Waals surface area contributed by atoms with E-state index in [-0.39, 0.29) is 6.10 Å². The highest BCUT2D eigenvalue weighted by Gasteiger charge is 2.17. The van der Waals surface area contributed by atoms with Crippen LogP contribution in [-0.2, 0) is 0 Å². The maximum atomic E-state index is 5.85. The van der Waals surface area contributed by atoms with Gasteiger partial charge in [-0.2, -0.15) is 4.98 Å². The summed E-state index contributed by atoms with van der Waals surface area (Å²) in [5.74, 6) is 2.10. The van der Waals surface area contributed by atoms with E-state index >= 15 is 0 Å². The first-order valence-corrected chi connectivity index (χ1v) is 6.02. The molecule has 1 unspecified atom stereocenters. The van der Waals surface area contributed by atoms with Crippen molar-refractivity contribution in [2.75, 3.05) is 13.1 Å². The van der Waals surface area contributed by atoms with Gasteiger partial charge in [0.15, 0.2) is 0 Å². The summed E-state index contributed by atoms with van der Waals surface area (Å²) in [5, 5.41) is 3.27. The number of aryl methyl sites for hydroxylation is 1. The van der Waals surface area contributed by atoms with Crippen LogP contribution in [0.2, 0.25) is 0 Å². The standard InChI is InChI=1S/C12H15N5O/c1-9-15-11(17-5-4-14-8-17)6-12(16-9)18-10-2-3-13-7-10/h4-6,8,10,13H,2-3,7H2,1H3. The summed E-state index contributed by atoms with van der Waals surface area (Å²) in [6, 6.07) is 1.84. The Balaban J connectivity index is 1.86. The van der Waals surface area contributed by atoms with Gasteiger partial charge in [0.05, 0.1) is 0 Å². The van der Waals surface area contributed by atoms with Crippen molar-refractivity contribution in [2.45, 2.75) is 19.4 Å². The van der Waals surface area contributed by atoms with Gasteiger partial charge in [-0.1, -0.05) is 0 Å². The second-order valence-electron chi connectivity index (χ2n) is 4.31. The van der Waals surface area contributed by atoms with Gasteiger partial charge in [0.25, 0.3) is 0 Å². The molecule has 6 nitrogen and oxygen atoms in total. The van der Waals surface area contributed by atoms with E-state index in [1.807, 2.05) is 23.8 Å². The number of hydrogen-bond donors (Lipinski definition) is 1. The molecule has 94 valence electrons. The van der Waals surface area contributed by atoms with Gasteiger partial charge >= 0.3 is 0 Å². The molecule has 1 atom stereocenters. The summed E-state index contributed by atoms with van der Waals surface area (Å²) in [6.45, 7) is 3.74. The molecular formula is C12H15N5O. The van der Waals surface area contributed by atoms with Crippen molar-refractivity contribution in [3.8, 4) is 11.7 Å². The number of nitrogens with zero attached hydrogens (tertiary/aromatic N) is 4. The third kappa shape index (κ3) is 2.33. The highest BCUT2D eigenvalue weighted by Crippen LogP contribution is 2.16. The van der Waals surface area contributed by atoms with Gasteiger partial charge in [-0.15, -0.1) is 0 Å². The number of ether oxygens (including phenoxy) is 1. The largest absolute Gasteiger partial charge is 0.473 e. The molecule has 1 N–H and O–H groups in total. The van der Waals surface area contributed by atoms with E-state index in [0.29, 0.717) is 11.7 Å². The highest BCUT2D eigenvalue weighted by molar-refractivity contribution is 5.28. The van der Waals surface area contributed by atoms with Crippen LogP contribution in [0, 0.1) is 6.92 Å². The number of nitrogens with one attached hydrogen (secondary N) is 1. The van der Waals surface area contributed by atoms with E-state index in [1.54, 1.807) is 12.5 Å². The zero-order chi connectivity index (χ0) is 12.4. The Kier molecular flexibility index (Phi) is 2.93. The summed E-state index contributed by atoms with van der Waals surface area (Å²) < 4.78 is 7.69. The van der Waals surface area contributed by atoms with E-state index < -0.39 is 0 Å². The van der Waals surface area contributed by atoms with Crippen molar-refractivity contribution in [1.29, 1.82) is 0 Å². The molecule has 1 saturated heterocycles. The smallest absolute Gasteiger partial charge is 0.219 e. The fourth-order valence-electron chi connectivity index (χ4n) is 2.01. The molecule has 0 bridgehead atoms. The molecule has 1 aliphatic heterocycles. The summed E-state index contributed by atoms with van der Waals surface area (Å²) >= 11 is 0. The fraction of sp³-hybridized carbons (Fsp3) is 0.417. The number of imidazole rings is 1. The average Bonchev–Trinajstić information content (AvgIpc) is 3.00. The molecule has 18 heavy (non-hydrogen) atoms. The predicted molar refractivity (Wildman–Crippen MR) is 65.8 cm³/mol. The Morgan fingerprint density at radius 3 is 3.11 bits per heavy atom. The van der Waals surface area contributed by atoms with Crippen molar-refractivity contribution in [3.63, 3.8) is 0 Å². The first-order chi connectivity index (χ1) is 8.81. The van der Waals surface area contributed by atoms with Gasteiger partial charge in [0.2, 0.25) is 5.88 Å². The minimum absolute atomic E-state index is 0.204. The van der Waals surface area contributed by atoms with Gasteiger partial charge in [-0.05, 0) is 19.9 Å². The van der Waals surface area contributed by atoms with Crippen LogP contribution in [-0.4, -0.2) is 38.7 Å². The Labute approximate surface area is 105 Å². The minimum atomic E-state index is 0.204. The maximum absolute atomic E-state index is 5.85. The van der Waals surface area contributed by atoms with Crippen LogP contribution in [0.1, 0.15) is 12.2 Å². The van der Waals surface area contributed by atoms with Crippen molar-refractivity contribution in [1.82, 2.24) is 24.8 Å². The molecule has 1 fully saturated rings. The number of rotatable bonds is 3. The molecular weight excluding hydrogens is 230 g/mol.